The number of rotatable bonds is 6. The van der Waals surface area contributed by atoms with Gasteiger partial charge in [-0.25, -0.2) is 4.31 Å². The predicted octanol–water partition coefficient (Wildman–Crippen LogP) is 3.58. The second-order valence-corrected chi connectivity index (χ2v) is 7.07. The predicted molar refractivity (Wildman–Crippen MR) is 88.2 cm³/mol. The second-order valence-electron chi connectivity index (χ2n) is 5.80. The second kappa shape index (κ2) is 6.22. The van der Waals surface area contributed by atoms with Crippen molar-refractivity contribution in [3.63, 3.8) is 0 Å². The third kappa shape index (κ3) is 3.15. The average molecular weight is 299 g/mol. The molecule has 3 heteroatoms. The van der Waals surface area contributed by atoms with Crippen LogP contribution in [0, 0.1) is 5.92 Å². The van der Waals surface area contributed by atoms with Gasteiger partial charge in [0.1, 0.15) is 0 Å². The first kappa shape index (κ1) is 14.6. The van der Waals surface area contributed by atoms with E-state index in [1.807, 2.05) is 6.07 Å². The Morgan fingerprint density at radius 3 is 2.29 bits per heavy atom. The Labute approximate surface area is 130 Å². The summed E-state index contributed by atoms with van der Waals surface area (Å²) >= 11 is 1.77. The van der Waals surface area contributed by atoms with E-state index in [-0.39, 0.29) is 12.0 Å². The summed E-state index contributed by atoms with van der Waals surface area (Å²) in [6.07, 6.45) is 1.08. The molecule has 1 N–H and O–H groups in total. The molecule has 110 valence electrons. The summed E-state index contributed by atoms with van der Waals surface area (Å²) in [7, 11) is 2.13. The first-order valence-electron chi connectivity index (χ1n) is 7.35. The fourth-order valence-corrected chi connectivity index (χ4v) is 4.05. The topological polar surface area (TPSA) is 23.5 Å². The van der Waals surface area contributed by atoms with Crippen molar-refractivity contribution >= 4 is 11.9 Å². The number of aliphatic hydroxyl groups is 1. The van der Waals surface area contributed by atoms with Gasteiger partial charge in [-0.05, 0) is 49.0 Å². The van der Waals surface area contributed by atoms with Crippen LogP contribution in [0.25, 0.3) is 0 Å². The minimum absolute atomic E-state index is 0.118. The van der Waals surface area contributed by atoms with Gasteiger partial charge < -0.3 is 5.11 Å². The fourth-order valence-electron chi connectivity index (χ4n) is 3.12. The van der Waals surface area contributed by atoms with Gasteiger partial charge in [0, 0.05) is 23.5 Å². The lowest BCUT2D eigenvalue weighted by Crippen LogP contribution is -2.27. The molecule has 2 unspecified atom stereocenters. The number of benzene rings is 2. The zero-order valence-corrected chi connectivity index (χ0v) is 13.1. The Morgan fingerprint density at radius 1 is 1.10 bits per heavy atom. The van der Waals surface area contributed by atoms with Crippen LogP contribution >= 0.6 is 11.9 Å². The lowest BCUT2D eigenvalue weighted by molar-refractivity contribution is 0.258. The van der Waals surface area contributed by atoms with Gasteiger partial charge in [-0.1, -0.05) is 48.5 Å². The summed E-state index contributed by atoms with van der Waals surface area (Å²) in [5.74, 6) is 0.388. The van der Waals surface area contributed by atoms with E-state index in [1.54, 1.807) is 11.9 Å². The molecule has 0 radical (unpaired) electrons. The summed E-state index contributed by atoms with van der Waals surface area (Å²) in [6, 6.07) is 21.1. The van der Waals surface area contributed by atoms with Crippen molar-refractivity contribution in [2.24, 2.45) is 5.92 Å². The number of hydrogen-bond acceptors (Lipinski definition) is 3. The third-order valence-electron chi connectivity index (χ3n) is 4.31. The molecular formula is C18H21NOS. The van der Waals surface area contributed by atoms with Gasteiger partial charge in [-0.15, -0.1) is 0 Å². The summed E-state index contributed by atoms with van der Waals surface area (Å²) in [6.45, 7) is 1.24. The summed E-state index contributed by atoms with van der Waals surface area (Å²) < 4.78 is 2.29. The molecule has 1 saturated carbocycles. The zero-order chi connectivity index (χ0) is 14.7. The van der Waals surface area contributed by atoms with Gasteiger partial charge >= 0.3 is 0 Å². The van der Waals surface area contributed by atoms with E-state index in [9.17, 15) is 5.11 Å². The van der Waals surface area contributed by atoms with Crippen molar-refractivity contribution in [2.75, 3.05) is 20.2 Å². The molecule has 0 bridgehead atoms. The van der Waals surface area contributed by atoms with E-state index in [0.29, 0.717) is 5.92 Å². The van der Waals surface area contributed by atoms with Crippen LogP contribution in [-0.2, 0) is 5.41 Å². The van der Waals surface area contributed by atoms with Gasteiger partial charge in [0.2, 0.25) is 0 Å². The highest BCUT2D eigenvalue weighted by Gasteiger charge is 2.55. The van der Waals surface area contributed by atoms with E-state index in [0.717, 1.165) is 13.0 Å². The monoisotopic (exact) mass is 299 g/mol. The summed E-state index contributed by atoms with van der Waals surface area (Å²) in [5.41, 5.74) is 1.47. The molecule has 2 aromatic carbocycles. The van der Waals surface area contributed by atoms with Crippen LogP contribution in [0.4, 0.5) is 0 Å². The Hall–Kier alpha value is -1.29. The van der Waals surface area contributed by atoms with Crippen molar-refractivity contribution in [1.82, 2.24) is 4.31 Å². The van der Waals surface area contributed by atoms with Crippen LogP contribution in [-0.4, -0.2) is 29.6 Å². The van der Waals surface area contributed by atoms with Crippen LogP contribution in [0.15, 0.2) is 65.6 Å². The molecule has 0 aromatic heterocycles. The van der Waals surface area contributed by atoms with Crippen molar-refractivity contribution < 1.29 is 5.11 Å². The molecule has 1 aliphatic rings. The number of nitrogens with zero attached hydrogens (tertiary/aromatic N) is 1. The highest BCUT2D eigenvalue weighted by atomic mass is 32.2. The minimum Gasteiger partial charge on any atom is -0.396 e. The van der Waals surface area contributed by atoms with E-state index in [4.69, 9.17) is 0 Å². The molecule has 0 aliphatic heterocycles. The molecule has 1 fully saturated rings. The maximum Gasteiger partial charge on any atom is 0.0468 e. The Kier molecular flexibility index (Phi) is 4.34. The summed E-state index contributed by atoms with van der Waals surface area (Å²) in [5, 5.41) is 9.58. The maximum absolute atomic E-state index is 9.58. The molecule has 2 atom stereocenters. The molecule has 0 saturated heterocycles. The van der Waals surface area contributed by atoms with Crippen LogP contribution in [0.5, 0.6) is 0 Å². The average Bonchev–Trinajstić information content (AvgIpc) is 3.23. The van der Waals surface area contributed by atoms with Gasteiger partial charge in [-0.3, -0.25) is 0 Å². The molecule has 0 amide bonds. The minimum atomic E-state index is 0.118. The van der Waals surface area contributed by atoms with Gasteiger partial charge in [-0.2, -0.15) is 0 Å². The lowest BCUT2D eigenvalue weighted by atomic mass is 9.93. The Bertz CT molecular complexity index is 574. The van der Waals surface area contributed by atoms with Crippen molar-refractivity contribution in [3.05, 3.63) is 66.2 Å². The van der Waals surface area contributed by atoms with Crippen LogP contribution < -0.4 is 0 Å². The normalized spacial score (nSPS) is 24.2. The maximum atomic E-state index is 9.58. The van der Waals surface area contributed by atoms with Gasteiger partial charge in [0.15, 0.2) is 0 Å². The van der Waals surface area contributed by atoms with Crippen molar-refractivity contribution in [1.29, 1.82) is 0 Å². The Morgan fingerprint density at radius 2 is 1.71 bits per heavy atom. The van der Waals surface area contributed by atoms with E-state index < -0.39 is 0 Å². The lowest BCUT2D eigenvalue weighted by Gasteiger charge is -2.24. The summed E-state index contributed by atoms with van der Waals surface area (Å²) in [4.78, 5) is 1.25. The van der Waals surface area contributed by atoms with E-state index in [2.05, 4.69) is 66.0 Å². The highest BCUT2D eigenvalue weighted by Crippen LogP contribution is 2.55. The molecule has 0 spiro atoms. The first-order valence-corrected chi connectivity index (χ1v) is 8.12. The van der Waals surface area contributed by atoms with Crippen molar-refractivity contribution in [2.45, 2.75) is 16.7 Å². The first-order chi connectivity index (χ1) is 10.2. The van der Waals surface area contributed by atoms with Crippen LogP contribution in [0.3, 0.4) is 0 Å². The Balaban J connectivity index is 1.72. The van der Waals surface area contributed by atoms with Gasteiger partial charge in [0.25, 0.3) is 0 Å². The molecule has 2 nitrogen and oxygen atoms in total. The number of likely N-dealkylation sites (N-methyl/N-ethyl adjacent to an activating group) is 1. The highest BCUT2D eigenvalue weighted by molar-refractivity contribution is 7.97. The van der Waals surface area contributed by atoms with Crippen LogP contribution in [0.2, 0.25) is 0 Å². The van der Waals surface area contributed by atoms with E-state index in [1.165, 1.54) is 10.5 Å². The van der Waals surface area contributed by atoms with Crippen LogP contribution in [0.1, 0.15) is 12.0 Å². The number of hydrogen-bond donors (Lipinski definition) is 1. The van der Waals surface area contributed by atoms with Gasteiger partial charge in [0.05, 0.1) is 0 Å². The quantitative estimate of drug-likeness (QED) is 0.825. The number of aliphatic hydroxyl groups excluding tert-OH is 1. The molecule has 1 aliphatic carbocycles. The molecule has 3 rings (SSSR count). The molecule has 2 aromatic rings. The molecule has 21 heavy (non-hydrogen) atoms. The largest absolute Gasteiger partial charge is 0.396 e. The molecule has 0 heterocycles. The standard InChI is InChI=1S/C18H21NOS/c1-19(21-17-10-6-3-7-11-17)14-18(12-16(18)13-20)15-8-4-2-5-9-15/h2-11,16,20H,12-14H2,1H3. The smallest absolute Gasteiger partial charge is 0.0468 e. The van der Waals surface area contributed by atoms with E-state index >= 15 is 0 Å². The SMILES string of the molecule is CN(CC1(c2ccccc2)CC1CO)Sc1ccccc1. The molecular weight excluding hydrogens is 278 g/mol. The fraction of sp³-hybridized carbons (Fsp3) is 0.333. The third-order valence-corrected chi connectivity index (χ3v) is 5.23. The van der Waals surface area contributed by atoms with Crippen molar-refractivity contribution in [3.8, 4) is 0 Å². The zero-order valence-electron chi connectivity index (χ0n) is 12.3.